The van der Waals surface area contributed by atoms with Gasteiger partial charge in [-0.3, -0.25) is 0 Å². The lowest BCUT2D eigenvalue weighted by Crippen LogP contribution is -2.02. The van der Waals surface area contributed by atoms with E-state index >= 15 is 0 Å². The van der Waals surface area contributed by atoms with Crippen LogP contribution in [0.25, 0.3) is 0 Å². The highest BCUT2D eigenvalue weighted by Crippen LogP contribution is 2.09. The standard InChI is InChI=1S/C12H19ClN2/c1-2-3-4-5-6-10-14-12-9-7-8-11(13)15-12/h7-9H,2-6,10H2,1H3,(H,14,15). The zero-order valence-electron chi connectivity index (χ0n) is 9.30. The lowest BCUT2D eigenvalue weighted by atomic mass is 10.1. The van der Waals surface area contributed by atoms with E-state index in [0.717, 1.165) is 12.4 Å². The van der Waals surface area contributed by atoms with E-state index in [-0.39, 0.29) is 0 Å². The van der Waals surface area contributed by atoms with E-state index in [1.54, 1.807) is 6.07 Å². The van der Waals surface area contributed by atoms with Gasteiger partial charge in [-0.15, -0.1) is 0 Å². The molecular formula is C12H19ClN2. The Hall–Kier alpha value is -0.760. The lowest BCUT2D eigenvalue weighted by Gasteiger charge is -2.05. The summed E-state index contributed by atoms with van der Waals surface area (Å²) >= 11 is 5.78. The summed E-state index contributed by atoms with van der Waals surface area (Å²) < 4.78 is 0. The first-order chi connectivity index (χ1) is 7.33. The monoisotopic (exact) mass is 226 g/mol. The number of nitrogens with one attached hydrogen (secondary N) is 1. The van der Waals surface area contributed by atoms with Crippen molar-refractivity contribution in [3.63, 3.8) is 0 Å². The van der Waals surface area contributed by atoms with Gasteiger partial charge in [0.2, 0.25) is 0 Å². The largest absolute Gasteiger partial charge is 0.370 e. The number of hydrogen-bond donors (Lipinski definition) is 1. The first-order valence-electron chi connectivity index (χ1n) is 5.69. The number of aromatic nitrogens is 1. The van der Waals surface area contributed by atoms with Gasteiger partial charge in [0.15, 0.2) is 0 Å². The fourth-order valence-electron chi connectivity index (χ4n) is 1.45. The molecule has 1 rings (SSSR count). The molecule has 0 aliphatic rings. The molecule has 3 heteroatoms. The summed E-state index contributed by atoms with van der Waals surface area (Å²) in [4.78, 5) is 4.16. The second-order valence-electron chi connectivity index (χ2n) is 3.69. The van der Waals surface area contributed by atoms with Crippen molar-refractivity contribution in [3.05, 3.63) is 23.4 Å². The predicted molar refractivity (Wildman–Crippen MR) is 66.5 cm³/mol. The van der Waals surface area contributed by atoms with Gasteiger partial charge in [0.05, 0.1) is 0 Å². The predicted octanol–water partition coefficient (Wildman–Crippen LogP) is 4.12. The number of rotatable bonds is 7. The number of pyridine rings is 1. The summed E-state index contributed by atoms with van der Waals surface area (Å²) in [7, 11) is 0. The molecule has 0 unspecified atom stereocenters. The second-order valence-corrected chi connectivity index (χ2v) is 4.07. The van der Waals surface area contributed by atoms with Gasteiger partial charge < -0.3 is 5.32 Å². The van der Waals surface area contributed by atoms with Crippen LogP contribution in [0.4, 0.5) is 5.82 Å². The molecule has 15 heavy (non-hydrogen) atoms. The normalized spacial score (nSPS) is 10.3. The van der Waals surface area contributed by atoms with Gasteiger partial charge in [0.1, 0.15) is 11.0 Å². The van der Waals surface area contributed by atoms with Gasteiger partial charge in [-0.1, -0.05) is 50.3 Å². The van der Waals surface area contributed by atoms with E-state index in [4.69, 9.17) is 11.6 Å². The van der Waals surface area contributed by atoms with Crippen LogP contribution in [-0.4, -0.2) is 11.5 Å². The van der Waals surface area contributed by atoms with Gasteiger partial charge >= 0.3 is 0 Å². The molecular weight excluding hydrogens is 208 g/mol. The van der Waals surface area contributed by atoms with Crippen LogP contribution < -0.4 is 5.32 Å². The lowest BCUT2D eigenvalue weighted by molar-refractivity contribution is 0.645. The summed E-state index contributed by atoms with van der Waals surface area (Å²) in [5, 5.41) is 3.81. The zero-order chi connectivity index (χ0) is 10.9. The number of unbranched alkanes of at least 4 members (excludes halogenated alkanes) is 4. The van der Waals surface area contributed by atoms with Crippen LogP contribution in [-0.2, 0) is 0 Å². The third-order valence-electron chi connectivity index (χ3n) is 2.30. The molecule has 0 fully saturated rings. The zero-order valence-corrected chi connectivity index (χ0v) is 10.1. The summed E-state index contributed by atoms with van der Waals surface area (Å²) in [6.45, 7) is 3.21. The third kappa shape index (κ3) is 5.63. The van der Waals surface area contributed by atoms with Crippen LogP contribution >= 0.6 is 11.6 Å². The first kappa shape index (κ1) is 12.3. The van der Waals surface area contributed by atoms with Crippen LogP contribution in [0.3, 0.4) is 0 Å². The third-order valence-corrected chi connectivity index (χ3v) is 2.51. The molecule has 0 bridgehead atoms. The fraction of sp³-hybridized carbons (Fsp3) is 0.583. The smallest absolute Gasteiger partial charge is 0.131 e. The SMILES string of the molecule is CCCCCCCNc1cccc(Cl)n1. The van der Waals surface area contributed by atoms with Crippen molar-refractivity contribution < 1.29 is 0 Å². The fourth-order valence-corrected chi connectivity index (χ4v) is 1.62. The van der Waals surface area contributed by atoms with E-state index in [2.05, 4.69) is 17.2 Å². The molecule has 0 aliphatic carbocycles. The molecule has 0 atom stereocenters. The molecule has 84 valence electrons. The van der Waals surface area contributed by atoms with E-state index in [9.17, 15) is 0 Å². The number of nitrogens with zero attached hydrogens (tertiary/aromatic N) is 1. The Bertz CT molecular complexity index is 276. The molecule has 0 saturated heterocycles. The minimum absolute atomic E-state index is 0.547. The van der Waals surface area contributed by atoms with Crippen molar-refractivity contribution in [2.75, 3.05) is 11.9 Å². The molecule has 0 saturated carbocycles. The molecule has 0 amide bonds. The highest BCUT2D eigenvalue weighted by molar-refractivity contribution is 6.29. The van der Waals surface area contributed by atoms with E-state index in [1.807, 2.05) is 12.1 Å². The number of hydrogen-bond acceptors (Lipinski definition) is 2. The first-order valence-corrected chi connectivity index (χ1v) is 6.07. The van der Waals surface area contributed by atoms with Crippen LogP contribution in [0, 0.1) is 0 Å². The van der Waals surface area contributed by atoms with Crippen LogP contribution in [0.15, 0.2) is 18.2 Å². The maximum Gasteiger partial charge on any atom is 0.131 e. The van der Waals surface area contributed by atoms with Gasteiger partial charge in [0, 0.05) is 6.54 Å². The minimum atomic E-state index is 0.547. The van der Waals surface area contributed by atoms with Crippen molar-refractivity contribution >= 4 is 17.4 Å². The minimum Gasteiger partial charge on any atom is -0.370 e. The highest BCUT2D eigenvalue weighted by atomic mass is 35.5. The van der Waals surface area contributed by atoms with E-state index in [0.29, 0.717) is 5.15 Å². The molecule has 1 heterocycles. The molecule has 1 aromatic rings. The van der Waals surface area contributed by atoms with Gasteiger partial charge in [0.25, 0.3) is 0 Å². The maximum absolute atomic E-state index is 5.78. The summed E-state index contributed by atoms with van der Waals surface area (Å²) in [6, 6.07) is 5.64. The van der Waals surface area contributed by atoms with Crippen molar-refractivity contribution in [1.82, 2.24) is 4.98 Å². The summed E-state index contributed by atoms with van der Waals surface area (Å²) in [6.07, 6.45) is 6.47. The molecule has 1 N–H and O–H groups in total. The van der Waals surface area contributed by atoms with Crippen molar-refractivity contribution in [2.24, 2.45) is 0 Å². The Morgan fingerprint density at radius 3 is 2.73 bits per heavy atom. The van der Waals surface area contributed by atoms with Crippen LogP contribution in [0.1, 0.15) is 39.0 Å². The van der Waals surface area contributed by atoms with Gasteiger partial charge in [-0.25, -0.2) is 4.98 Å². The molecule has 0 aliphatic heterocycles. The summed E-state index contributed by atoms with van der Waals surface area (Å²) in [5.41, 5.74) is 0. The van der Waals surface area contributed by atoms with Crippen LogP contribution in [0.5, 0.6) is 0 Å². The Labute approximate surface area is 97.1 Å². The number of anilines is 1. The highest BCUT2D eigenvalue weighted by Gasteiger charge is 1.94. The summed E-state index contributed by atoms with van der Waals surface area (Å²) in [5.74, 6) is 0.873. The second kappa shape index (κ2) is 7.52. The van der Waals surface area contributed by atoms with E-state index < -0.39 is 0 Å². The molecule has 0 aromatic carbocycles. The Morgan fingerprint density at radius 1 is 1.20 bits per heavy atom. The van der Waals surface area contributed by atoms with E-state index in [1.165, 1.54) is 32.1 Å². The van der Waals surface area contributed by atoms with Crippen molar-refractivity contribution in [1.29, 1.82) is 0 Å². The average Bonchev–Trinajstić information content (AvgIpc) is 2.23. The molecule has 1 aromatic heterocycles. The molecule has 0 radical (unpaired) electrons. The Kier molecular flexibility index (Phi) is 6.17. The van der Waals surface area contributed by atoms with Crippen LogP contribution in [0.2, 0.25) is 5.15 Å². The van der Waals surface area contributed by atoms with Crippen molar-refractivity contribution in [3.8, 4) is 0 Å². The van der Waals surface area contributed by atoms with Gasteiger partial charge in [-0.05, 0) is 18.6 Å². The Balaban J connectivity index is 2.10. The average molecular weight is 227 g/mol. The quantitative estimate of drug-likeness (QED) is 0.559. The molecule has 0 spiro atoms. The topological polar surface area (TPSA) is 24.9 Å². The van der Waals surface area contributed by atoms with Crippen molar-refractivity contribution in [2.45, 2.75) is 39.0 Å². The maximum atomic E-state index is 5.78. The molecule has 2 nitrogen and oxygen atoms in total. The van der Waals surface area contributed by atoms with Gasteiger partial charge in [-0.2, -0.15) is 0 Å². The number of halogens is 1. The Morgan fingerprint density at radius 2 is 2.00 bits per heavy atom.